The summed E-state index contributed by atoms with van der Waals surface area (Å²) < 4.78 is 18.6. The molecule has 0 heterocycles. The lowest BCUT2D eigenvalue weighted by molar-refractivity contribution is -0.127. The van der Waals surface area contributed by atoms with Crippen LogP contribution >= 0.6 is 12.2 Å². The molecule has 0 aromatic heterocycles. The maximum Gasteiger partial charge on any atom is 0.279 e. The molecule has 0 bridgehead atoms. The highest BCUT2D eigenvalue weighted by molar-refractivity contribution is 7.80. The van der Waals surface area contributed by atoms with Crippen LogP contribution < -0.4 is 20.9 Å². The lowest BCUT2D eigenvalue weighted by atomic mass is 10.3. The lowest BCUT2D eigenvalue weighted by Gasteiger charge is -2.16. The largest absolute Gasteiger partial charge is 0.478 e. The maximum absolute atomic E-state index is 13.4. The van der Waals surface area contributed by atoms with E-state index in [2.05, 4.69) is 22.7 Å². The molecule has 21 heavy (non-hydrogen) atoms. The van der Waals surface area contributed by atoms with E-state index in [9.17, 15) is 9.18 Å². The first-order valence-corrected chi connectivity index (χ1v) is 6.70. The van der Waals surface area contributed by atoms with Crippen LogP contribution in [0.5, 0.6) is 5.75 Å². The summed E-state index contributed by atoms with van der Waals surface area (Å²) in [6.45, 7) is 7.57. The van der Waals surface area contributed by atoms with Crippen LogP contribution in [0, 0.1) is 5.82 Å². The van der Waals surface area contributed by atoms with E-state index in [4.69, 9.17) is 17.0 Å². The lowest BCUT2D eigenvalue weighted by Crippen LogP contribution is -2.50. The molecule has 1 atom stereocenters. The molecule has 0 aliphatic rings. The summed E-state index contributed by atoms with van der Waals surface area (Å²) in [6, 6.07) is 5.87. The smallest absolute Gasteiger partial charge is 0.279 e. The molecule has 0 unspecified atom stereocenters. The van der Waals surface area contributed by atoms with E-state index in [1.54, 1.807) is 12.1 Å². The highest BCUT2D eigenvalue weighted by Crippen LogP contribution is 2.16. The van der Waals surface area contributed by atoms with Gasteiger partial charge in [-0.15, -0.1) is 0 Å². The molecule has 7 heteroatoms. The molecule has 0 spiro atoms. The van der Waals surface area contributed by atoms with Gasteiger partial charge in [0.15, 0.2) is 22.8 Å². The summed E-state index contributed by atoms with van der Waals surface area (Å²) in [7, 11) is 0. The number of rotatable bonds is 5. The van der Waals surface area contributed by atoms with Crippen molar-refractivity contribution in [2.45, 2.75) is 20.0 Å². The fraction of sp³-hybridized carbons (Fsp3) is 0.286. The predicted octanol–water partition coefficient (Wildman–Crippen LogP) is 1.66. The minimum Gasteiger partial charge on any atom is -0.478 e. The molecule has 0 saturated carbocycles. The molecule has 0 radical (unpaired) electrons. The van der Waals surface area contributed by atoms with Crippen LogP contribution in [0.3, 0.4) is 0 Å². The number of para-hydroxylation sites is 1. The molecule has 3 N–H and O–H groups in total. The van der Waals surface area contributed by atoms with Gasteiger partial charge in [-0.3, -0.25) is 15.6 Å². The fourth-order valence-electron chi connectivity index (χ4n) is 1.28. The first kappa shape index (κ1) is 16.9. The van der Waals surface area contributed by atoms with Crippen LogP contribution in [0.2, 0.25) is 0 Å². The zero-order chi connectivity index (χ0) is 15.8. The number of carbonyl (C=O) groups excluding carboxylic acids is 1. The van der Waals surface area contributed by atoms with Gasteiger partial charge in [0.25, 0.3) is 5.91 Å². The van der Waals surface area contributed by atoms with Gasteiger partial charge in [0.1, 0.15) is 0 Å². The minimum atomic E-state index is -0.877. The fourth-order valence-corrected chi connectivity index (χ4v) is 1.40. The number of ether oxygens (including phenoxy) is 1. The second-order valence-corrected chi connectivity index (χ2v) is 4.85. The van der Waals surface area contributed by atoms with Crippen LogP contribution in [0.1, 0.15) is 13.8 Å². The monoisotopic (exact) mass is 311 g/mol. The molecular formula is C14H18FN3O2S. The molecule has 1 amide bonds. The highest BCUT2D eigenvalue weighted by Gasteiger charge is 2.16. The molecule has 0 saturated heterocycles. The number of hydrazine groups is 1. The number of halogens is 1. The Hall–Kier alpha value is -2.15. The van der Waals surface area contributed by atoms with Crippen molar-refractivity contribution >= 4 is 23.2 Å². The van der Waals surface area contributed by atoms with E-state index in [1.807, 2.05) is 6.92 Å². The third kappa shape index (κ3) is 6.22. The van der Waals surface area contributed by atoms with Gasteiger partial charge in [-0.25, -0.2) is 4.39 Å². The number of hydrogen-bond acceptors (Lipinski definition) is 3. The molecular weight excluding hydrogens is 293 g/mol. The summed E-state index contributed by atoms with van der Waals surface area (Å²) in [5.74, 6) is -0.982. The normalized spacial score (nSPS) is 11.2. The Kier molecular flexibility index (Phi) is 6.61. The second-order valence-electron chi connectivity index (χ2n) is 4.44. The number of benzene rings is 1. The van der Waals surface area contributed by atoms with Crippen molar-refractivity contribution in [1.29, 1.82) is 0 Å². The standard InChI is InChI=1S/C14H18FN3O2S/c1-9(2)8-16-14(21)18-17-13(19)10(3)20-12-7-5-4-6-11(12)15/h4-7,10H,1,8H2,2-3H3,(H,17,19)(H2,16,18,21)/t10-/m0/s1. The van der Waals surface area contributed by atoms with Crippen LogP contribution in [0.4, 0.5) is 4.39 Å². The first-order valence-electron chi connectivity index (χ1n) is 6.29. The van der Waals surface area contributed by atoms with Gasteiger partial charge >= 0.3 is 0 Å². The number of amides is 1. The summed E-state index contributed by atoms with van der Waals surface area (Å²) in [4.78, 5) is 11.8. The average Bonchev–Trinajstić information content (AvgIpc) is 2.44. The van der Waals surface area contributed by atoms with Gasteiger partial charge in [0, 0.05) is 6.54 Å². The van der Waals surface area contributed by atoms with E-state index in [1.165, 1.54) is 19.1 Å². The zero-order valence-corrected chi connectivity index (χ0v) is 12.7. The molecule has 0 aliphatic carbocycles. The van der Waals surface area contributed by atoms with Crippen molar-refractivity contribution in [2.75, 3.05) is 6.54 Å². The quantitative estimate of drug-likeness (QED) is 0.439. The van der Waals surface area contributed by atoms with E-state index in [0.29, 0.717) is 6.54 Å². The third-order valence-corrected chi connectivity index (χ3v) is 2.61. The van der Waals surface area contributed by atoms with E-state index in [0.717, 1.165) is 5.57 Å². The Balaban J connectivity index is 2.40. The van der Waals surface area contributed by atoms with Crippen LogP contribution in [-0.2, 0) is 4.79 Å². The number of nitrogens with one attached hydrogen (secondary N) is 3. The topological polar surface area (TPSA) is 62.4 Å². The van der Waals surface area contributed by atoms with E-state index in [-0.39, 0.29) is 10.9 Å². The SMILES string of the molecule is C=C(C)CNC(=S)NNC(=O)[C@H](C)Oc1ccccc1F. The summed E-state index contributed by atoms with van der Waals surface area (Å²) >= 11 is 4.95. The van der Waals surface area contributed by atoms with Gasteiger partial charge in [0.2, 0.25) is 0 Å². The summed E-state index contributed by atoms with van der Waals surface area (Å²) in [5.41, 5.74) is 5.81. The molecule has 0 fully saturated rings. The van der Waals surface area contributed by atoms with Crippen molar-refractivity contribution in [3.63, 3.8) is 0 Å². The van der Waals surface area contributed by atoms with E-state index >= 15 is 0 Å². The molecule has 114 valence electrons. The van der Waals surface area contributed by atoms with Crippen molar-refractivity contribution in [3.05, 3.63) is 42.2 Å². The predicted molar refractivity (Wildman–Crippen MR) is 83.2 cm³/mol. The van der Waals surface area contributed by atoms with Crippen molar-refractivity contribution < 1.29 is 13.9 Å². The summed E-state index contributed by atoms with van der Waals surface area (Å²) in [6.07, 6.45) is -0.877. The van der Waals surface area contributed by atoms with Crippen LogP contribution in [-0.4, -0.2) is 23.7 Å². The minimum absolute atomic E-state index is 0.0168. The van der Waals surface area contributed by atoms with Gasteiger partial charge < -0.3 is 10.1 Å². The number of carbonyl (C=O) groups is 1. The van der Waals surface area contributed by atoms with E-state index < -0.39 is 17.8 Å². The Morgan fingerprint density at radius 2 is 2.10 bits per heavy atom. The van der Waals surface area contributed by atoms with Crippen molar-refractivity contribution in [1.82, 2.24) is 16.2 Å². The highest BCUT2D eigenvalue weighted by atomic mass is 32.1. The molecule has 1 aromatic carbocycles. The molecule has 0 aliphatic heterocycles. The number of hydrogen-bond donors (Lipinski definition) is 3. The Morgan fingerprint density at radius 3 is 2.71 bits per heavy atom. The molecule has 1 aromatic rings. The second kappa shape index (κ2) is 8.21. The van der Waals surface area contributed by atoms with Gasteiger partial charge in [0.05, 0.1) is 0 Å². The molecule has 1 rings (SSSR count). The third-order valence-electron chi connectivity index (χ3n) is 2.36. The Labute approximate surface area is 128 Å². The van der Waals surface area contributed by atoms with Crippen LogP contribution in [0.15, 0.2) is 36.4 Å². The zero-order valence-electron chi connectivity index (χ0n) is 11.9. The first-order chi connectivity index (χ1) is 9.90. The van der Waals surface area contributed by atoms with Gasteiger partial charge in [-0.2, -0.15) is 0 Å². The van der Waals surface area contributed by atoms with Crippen molar-refractivity contribution in [2.24, 2.45) is 0 Å². The van der Waals surface area contributed by atoms with Gasteiger partial charge in [-0.1, -0.05) is 24.3 Å². The molecule has 5 nitrogen and oxygen atoms in total. The summed E-state index contributed by atoms with van der Waals surface area (Å²) in [5, 5.41) is 3.09. The Bertz CT molecular complexity index is 537. The maximum atomic E-state index is 13.4. The van der Waals surface area contributed by atoms with Crippen molar-refractivity contribution in [3.8, 4) is 5.75 Å². The Morgan fingerprint density at radius 1 is 1.43 bits per heavy atom. The average molecular weight is 311 g/mol. The number of thiocarbonyl (C=S) groups is 1. The van der Waals surface area contributed by atoms with Crippen LogP contribution in [0.25, 0.3) is 0 Å². The van der Waals surface area contributed by atoms with Gasteiger partial charge in [-0.05, 0) is 38.2 Å².